The summed E-state index contributed by atoms with van der Waals surface area (Å²) in [5.41, 5.74) is 7.42. The highest BCUT2D eigenvalue weighted by molar-refractivity contribution is 5.74. The Kier molecular flexibility index (Phi) is 4.88. The Balaban J connectivity index is 2.98. The van der Waals surface area contributed by atoms with Crippen LogP contribution in [0.25, 0.3) is 0 Å². The van der Waals surface area contributed by atoms with Gasteiger partial charge in [0.1, 0.15) is 6.61 Å². The average molecular weight is 146 g/mol. The molecule has 0 aromatic heterocycles. The third-order valence-electron chi connectivity index (χ3n) is 0.808. The Morgan fingerprint density at radius 2 is 2.30 bits per heavy atom. The number of amides is 1. The van der Waals surface area contributed by atoms with Crippen molar-refractivity contribution >= 4 is 5.91 Å². The van der Waals surface area contributed by atoms with E-state index in [0.717, 1.165) is 6.54 Å². The molecule has 0 aliphatic heterocycles. The smallest absolute Gasteiger partial charge is 0.245 e. The zero-order valence-electron chi connectivity index (χ0n) is 6.39. The van der Waals surface area contributed by atoms with E-state index in [1.54, 1.807) is 0 Å². The predicted molar refractivity (Wildman–Crippen MR) is 38.0 cm³/mol. The van der Waals surface area contributed by atoms with E-state index in [-0.39, 0.29) is 6.61 Å². The van der Waals surface area contributed by atoms with Gasteiger partial charge in [0.15, 0.2) is 0 Å². The van der Waals surface area contributed by atoms with Gasteiger partial charge in [0.2, 0.25) is 5.91 Å². The summed E-state index contributed by atoms with van der Waals surface area (Å²) in [5, 5.41) is 0. The zero-order valence-corrected chi connectivity index (χ0v) is 6.39. The second-order valence-corrected chi connectivity index (χ2v) is 2.50. The number of primary amides is 1. The van der Waals surface area contributed by atoms with Crippen molar-refractivity contribution in [3.8, 4) is 0 Å². The van der Waals surface area contributed by atoms with E-state index in [1.165, 1.54) is 0 Å². The number of rotatable bonds is 5. The van der Waals surface area contributed by atoms with Crippen LogP contribution in [0.2, 0.25) is 0 Å². The molecule has 10 heavy (non-hydrogen) atoms. The first-order valence-electron chi connectivity index (χ1n) is 3.26. The summed E-state index contributed by atoms with van der Waals surface area (Å²) >= 11 is 0. The molecule has 0 saturated heterocycles. The molecule has 4 heteroatoms. The lowest BCUT2D eigenvalue weighted by molar-refractivity contribution is -0.125. The molecule has 4 nitrogen and oxygen atoms in total. The van der Waals surface area contributed by atoms with Crippen LogP contribution in [0.5, 0.6) is 0 Å². The Morgan fingerprint density at radius 1 is 1.70 bits per heavy atom. The molecule has 3 N–H and O–H groups in total. The number of nitrogens with two attached hydrogens (primary N) is 1. The van der Waals surface area contributed by atoms with Gasteiger partial charge in [0.25, 0.3) is 0 Å². The molecule has 0 aliphatic rings. The maximum Gasteiger partial charge on any atom is 0.245 e. The standard InChI is InChI=1S/C6H14N2O2/c1-5(2)3-8-10-4-6(7)9/h5,8H,3-4H2,1-2H3,(H2,7,9). The van der Waals surface area contributed by atoms with Crippen molar-refractivity contribution < 1.29 is 9.63 Å². The highest BCUT2D eigenvalue weighted by atomic mass is 16.6. The summed E-state index contributed by atoms with van der Waals surface area (Å²) in [6.07, 6.45) is 0. The van der Waals surface area contributed by atoms with Gasteiger partial charge >= 0.3 is 0 Å². The lowest BCUT2D eigenvalue weighted by atomic mass is 10.2. The van der Waals surface area contributed by atoms with E-state index in [2.05, 4.69) is 10.3 Å². The quantitative estimate of drug-likeness (QED) is 0.411. The van der Waals surface area contributed by atoms with Gasteiger partial charge in [-0.1, -0.05) is 13.8 Å². The molecular formula is C6H14N2O2. The molecule has 0 radical (unpaired) electrons. The fourth-order valence-corrected chi connectivity index (χ4v) is 0.348. The summed E-state index contributed by atoms with van der Waals surface area (Å²) in [7, 11) is 0. The highest BCUT2D eigenvalue weighted by Gasteiger charge is 1.94. The summed E-state index contributed by atoms with van der Waals surface area (Å²) < 4.78 is 0. The van der Waals surface area contributed by atoms with Gasteiger partial charge < -0.3 is 5.73 Å². The molecule has 0 saturated carbocycles. The van der Waals surface area contributed by atoms with Crippen LogP contribution in [-0.4, -0.2) is 19.1 Å². The molecular weight excluding hydrogens is 132 g/mol. The van der Waals surface area contributed by atoms with Crippen molar-refractivity contribution in [1.29, 1.82) is 0 Å². The monoisotopic (exact) mass is 146 g/mol. The molecule has 0 bridgehead atoms. The minimum atomic E-state index is -0.462. The first-order valence-corrected chi connectivity index (χ1v) is 3.26. The molecule has 1 amide bonds. The first kappa shape index (κ1) is 9.39. The van der Waals surface area contributed by atoms with E-state index in [1.807, 2.05) is 13.8 Å². The van der Waals surface area contributed by atoms with Crippen molar-refractivity contribution in [2.75, 3.05) is 13.2 Å². The zero-order chi connectivity index (χ0) is 7.98. The van der Waals surface area contributed by atoms with Crippen LogP contribution in [0, 0.1) is 5.92 Å². The Labute approximate surface area is 60.7 Å². The second kappa shape index (κ2) is 5.20. The van der Waals surface area contributed by atoms with Gasteiger partial charge in [-0.15, -0.1) is 0 Å². The van der Waals surface area contributed by atoms with E-state index < -0.39 is 5.91 Å². The van der Waals surface area contributed by atoms with Crippen LogP contribution in [-0.2, 0) is 9.63 Å². The number of carbonyl (C=O) groups excluding carboxylic acids is 1. The molecule has 0 atom stereocenters. The molecule has 0 aromatic rings. The number of hydrogen-bond donors (Lipinski definition) is 2. The van der Waals surface area contributed by atoms with E-state index in [9.17, 15) is 4.79 Å². The average Bonchev–Trinajstić information content (AvgIpc) is 1.79. The molecule has 60 valence electrons. The third-order valence-corrected chi connectivity index (χ3v) is 0.808. The van der Waals surface area contributed by atoms with Gasteiger partial charge in [-0.2, -0.15) is 0 Å². The molecule has 0 aromatic carbocycles. The summed E-state index contributed by atoms with van der Waals surface area (Å²) in [5.74, 6) is 0.0455. The maximum absolute atomic E-state index is 10.1. The topological polar surface area (TPSA) is 64.3 Å². The van der Waals surface area contributed by atoms with Crippen LogP contribution in [0.4, 0.5) is 0 Å². The molecule has 0 fully saturated rings. The highest BCUT2D eigenvalue weighted by Crippen LogP contribution is 1.85. The van der Waals surface area contributed by atoms with Gasteiger partial charge in [-0.05, 0) is 5.92 Å². The van der Waals surface area contributed by atoms with Gasteiger partial charge in [-0.25, -0.2) is 5.48 Å². The molecule has 0 rings (SSSR count). The van der Waals surface area contributed by atoms with Crippen LogP contribution < -0.4 is 11.2 Å². The lowest BCUT2D eigenvalue weighted by Crippen LogP contribution is -2.27. The van der Waals surface area contributed by atoms with E-state index in [4.69, 9.17) is 5.73 Å². The van der Waals surface area contributed by atoms with Crippen molar-refractivity contribution in [2.45, 2.75) is 13.8 Å². The third kappa shape index (κ3) is 7.39. The Bertz CT molecular complexity index is 104. The Hall–Kier alpha value is -0.610. The SMILES string of the molecule is CC(C)CNOCC(N)=O. The van der Waals surface area contributed by atoms with Crippen molar-refractivity contribution in [1.82, 2.24) is 5.48 Å². The largest absolute Gasteiger partial charge is 0.368 e. The number of carbonyl (C=O) groups is 1. The van der Waals surface area contributed by atoms with Crippen LogP contribution in [0.15, 0.2) is 0 Å². The van der Waals surface area contributed by atoms with E-state index >= 15 is 0 Å². The lowest BCUT2D eigenvalue weighted by Gasteiger charge is -2.05. The minimum Gasteiger partial charge on any atom is -0.368 e. The number of hydroxylamine groups is 1. The van der Waals surface area contributed by atoms with Gasteiger partial charge in [0, 0.05) is 6.54 Å². The number of hydrogen-bond acceptors (Lipinski definition) is 3. The van der Waals surface area contributed by atoms with Crippen molar-refractivity contribution in [3.63, 3.8) is 0 Å². The van der Waals surface area contributed by atoms with Crippen LogP contribution >= 0.6 is 0 Å². The molecule has 0 aliphatic carbocycles. The van der Waals surface area contributed by atoms with Crippen LogP contribution in [0.1, 0.15) is 13.8 Å². The second-order valence-electron chi connectivity index (χ2n) is 2.50. The molecule has 0 unspecified atom stereocenters. The maximum atomic E-state index is 10.1. The fraction of sp³-hybridized carbons (Fsp3) is 0.833. The number of nitrogens with one attached hydrogen (secondary N) is 1. The van der Waals surface area contributed by atoms with Crippen molar-refractivity contribution in [3.05, 3.63) is 0 Å². The van der Waals surface area contributed by atoms with Crippen molar-refractivity contribution in [2.24, 2.45) is 11.7 Å². The summed E-state index contributed by atoms with van der Waals surface area (Å²) in [4.78, 5) is 14.8. The fourth-order valence-electron chi connectivity index (χ4n) is 0.348. The molecule has 0 heterocycles. The normalized spacial score (nSPS) is 10.3. The van der Waals surface area contributed by atoms with E-state index in [0.29, 0.717) is 5.92 Å². The summed E-state index contributed by atoms with van der Waals surface area (Å²) in [6.45, 7) is 4.75. The molecule has 0 spiro atoms. The van der Waals surface area contributed by atoms with Gasteiger partial charge in [0.05, 0.1) is 0 Å². The minimum absolute atomic E-state index is 0.0628. The Morgan fingerprint density at radius 3 is 2.70 bits per heavy atom. The first-order chi connectivity index (χ1) is 4.63. The van der Waals surface area contributed by atoms with Crippen LogP contribution in [0.3, 0.4) is 0 Å². The predicted octanol–water partition coefficient (Wildman–Crippen LogP) is -0.351. The summed E-state index contributed by atoms with van der Waals surface area (Å²) in [6, 6.07) is 0. The van der Waals surface area contributed by atoms with Gasteiger partial charge in [-0.3, -0.25) is 9.63 Å².